The third-order valence-electron chi connectivity index (χ3n) is 6.95. The molecule has 40 heavy (non-hydrogen) atoms. The van der Waals surface area contributed by atoms with Gasteiger partial charge >= 0.3 is 263 Å². The number of hydrogen-bond donors (Lipinski definition) is 0. The van der Waals surface area contributed by atoms with E-state index in [1.165, 1.54) is 78.2 Å². The predicted octanol–water partition coefficient (Wildman–Crippen LogP) is 5.37. The van der Waals surface area contributed by atoms with Gasteiger partial charge in [0.2, 0.25) is 0 Å². The molecular formula is C31H31N2O2S3Se2+. The van der Waals surface area contributed by atoms with Gasteiger partial charge in [0.05, 0.1) is 0 Å². The Balaban J connectivity index is 1.23. The van der Waals surface area contributed by atoms with E-state index in [-0.39, 0.29) is 20.1 Å². The number of allylic oxidation sites excluding steroid dienone is 4. The number of para-hydroxylation sites is 1. The van der Waals surface area contributed by atoms with Crippen molar-refractivity contribution in [2.24, 2.45) is 0 Å². The molecule has 0 bridgehead atoms. The number of anilines is 1. The summed E-state index contributed by atoms with van der Waals surface area (Å²) < 4.78 is 13.7. The van der Waals surface area contributed by atoms with Gasteiger partial charge in [0.15, 0.2) is 0 Å². The number of nitrogens with zero attached hydrogens (tertiary/aromatic N) is 2. The van der Waals surface area contributed by atoms with Crippen molar-refractivity contribution in [2.75, 3.05) is 35.8 Å². The third kappa shape index (κ3) is 6.48. The van der Waals surface area contributed by atoms with E-state index < -0.39 is 0 Å². The molecule has 1 aromatic heterocycles. The molecule has 0 saturated carbocycles. The molecule has 0 saturated heterocycles. The quantitative estimate of drug-likeness (QED) is 0.177. The average molecular weight is 718 g/mol. The van der Waals surface area contributed by atoms with Crippen molar-refractivity contribution in [2.45, 2.75) is 31.2 Å². The van der Waals surface area contributed by atoms with E-state index in [1.54, 1.807) is 18.3 Å². The molecule has 0 fully saturated rings. The second-order valence-electron chi connectivity index (χ2n) is 9.72. The van der Waals surface area contributed by atoms with E-state index in [4.69, 9.17) is 4.18 Å². The Morgan fingerprint density at radius 3 is 3.00 bits per heavy atom. The first-order chi connectivity index (χ1) is 19.6. The molecule has 6 rings (SSSR count). The molecule has 0 unspecified atom stereocenters. The maximum atomic E-state index is 11.6. The van der Waals surface area contributed by atoms with Crippen molar-refractivity contribution >= 4 is 96.1 Å². The normalized spacial score (nSPS) is 18.8. The molecule has 2 aromatic carbocycles. The van der Waals surface area contributed by atoms with Gasteiger partial charge in [-0.05, 0) is 0 Å². The maximum absolute atomic E-state index is 11.6. The molecule has 4 nitrogen and oxygen atoms in total. The minimum absolute atomic E-state index is 0.174. The van der Waals surface area contributed by atoms with Crippen LogP contribution in [-0.2, 0) is 21.9 Å². The molecular weight excluding hydrogens is 686 g/mol. The van der Waals surface area contributed by atoms with Crippen molar-refractivity contribution < 1.29 is 13.5 Å². The van der Waals surface area contributed by atoms with E-state index in [1.807, 2.05) is 11.8 Å². The van der Waals surface area contributed by atoms with Crippen LogP contribution in [0.3, 0.4) is 0 Å². The summed E-state index contributed by atoms with van der Waals surface area (Å²) in [5.41, 5.74) is 7.05. The van der Waals surface area contributed by atoms with Crippen LogP contribution in [-0.4, -0.2) is 65.5 Å². The summed E-state index contributed by atoms with van der Waals surface area (Å²) in [6, 6.07) is 13.5. The second-order valence-corrected chi connectivity index (χ2v) is 17.4. The van der Waals surface area contributed by atoms with Crippen LogP contribution in [0.5, 0.6) is 0 Å². The van der Waals surface area contributed by atoms with Gasteiger partial charge < -0.3 is 0 Å². The van der Waals surface area contributed by atoms with Gasteiger partial charge in [-0.25, -0.2) is 0 Å². The number of aromatic nitrogens is 1. The predicted molar refractivity (Wildman–Crippen MR) is 175 cm³/mol. The van der Waals surface area contributed by atoms with Crippen LogP contribution in [0.1, 0.15) is 23.5 Å². The first-order valence-electron chi connectivity index (χ1n) is 13.3. The zero-order valence-corrected chi connectivity index (χ0v) is 28.4. The summed E-state index contributed by atoms with van der Waals surface area (Å²) in [5.74, 6) is 2.89. The van der Waals surface area contributed by atoms with Gasteiger partial charge in [0.1, 0.15) is 0 Å². The molecule has 3 aliphatic rings. The van der Waals surface area contributed by atoms with Gasteiger partial charge in [-0.1, -0.05) is 0 Å². The van der Waals surface area contributed by atoms with E-state index in [0.717, 1.165) is 35.2 Å². The van der Waals surface area contributed by atoms with Crippen molar-refractivity contribution in [1.29, 1.82) is 0 Å². The van der Waals surface area contributed by atoms with Gasteiger partial charge in [-0.3, -0.25) is 0 Å². The Hall–Kier alpha value is -1.41. The van der Waals surface area contributed by atoms with Crippen molar-refractivity contribution in [3.05, 3.63) is 86.6 Å². The fourth-order valence-electron chi connectivity index (χ4n) is 5.23. The number of hydrogen-bond acceptors (Lipinski definition) is 6. The van der Waals surface area contributed by atoms with Gasteiger partial charge in [0, 0.05) is 0 Å². The molecule has 3 aromatic rings. The zero-order valence-electron chi connectivity index (χ0n) is 22.6. The van der Waals surface area contributed by atoms with Crippen LogP contribution in [0.25, 0.3) is 15.9 Å². The number of fused-ring (bicyclic) bond motifs is 1. The first kappa shape index (κ1) is 28.7. The number of rotatable bonds is 8. The van der Waals surface area contributed by atoms with Crippen LogP contribution in [0.15, 0.2) is 81.3 Å². The molecule has 0 amide bonds. The summed E-state index contributed by atoms with van der Waals surface area (Å²) >= 11 is 5.42. The Morgan fingerprint density at radius 1 is 1.20 bits per heavy atom. The van der Waals surface area contributed by atoms with Gasteiger partial charge in [0.25, 0.3) is 0 Å². The third-order valence-corrected chi connectivity index (χ3v) is 14.1. The van der Waals surface area contributed by atoms with Crippen LogP contribution in [0.4, 0.5) is 5.69 Å². The van der Waals surface area contributed by atoms with Crippen LogP contribution in [0, 0.1) is 0 Å². The SMILES string of the molecule is COSc1ccc2c(c1)N(CCSC(C)=O)/C(=C/C=C1C=C(/C=C/c3[se]c4cccc5c4[n+]3CCC5)CSC/1)[Se]2. The van der Waals surface area contributed by atoms with E-state index in [2.05, 4.69) is 76.2 Å². The van der Waals surface area contributed by atoms with Gasteiger partial charge in [-0.15, -0.1) is 0 Å². The van der Waals surface area contributed by atoms with Crippen LogP contribution in [0.2, 0.25) is 0 Å². The van der Waals surface area contributed by atoms with E-state index in [0.29, 0.717) is 14.5 Å². The van der Waals surface area contributed by atoms with Crippen molar-refractivity contribution in [1.82, 2.24) is 0 Å². The van der Waals surface area contributed by atoms with Crippen molar-refractivity contribution in [3.63, 3.8) is 0 Å². The Morgan fingerprint density at radius 2 is 2.12 bits per heavy atom. The monoisotopic (exact) mass is 719 g/mol. The summed E-state index contributed by atoms with van der Waals surface area (Å²) in [6.07, 6.45) is 14.2. The summed E-state index contributed by atoms with van der Waals surface area (Å²) in [5, 5.41) is 0.174. The fourth-order valence-corrected chi connectivity index (χ4v) is 11.8. The molecule has 0 aliphatic carbocycles. The number of benzene rings is 2. The fraction of sp³-hybridized carbons (Fsp3) is 0.290. The molecule has 4 heterocycles. The summed E-state index contributed by atoms with van der Waals surface area (Å²) in [7, 11) is 1.70. The number of carbonyl (C=O) groups excluding carboxylic acids is 1. The number of aryl methyl sites for hydroxylation is 2. The van der Waals surface area contributed by atoms with E-state index >= 15 is 0 Å². The Labute approximate surface area is 261 Å². The Bertz CT molecular complexity index is 1570. The van der Waals surface area contributed by atoms with Gasteiger partial charge in [-0.2, -0.15) is 0 Å². The molecule has 206 valence electrons. The molecule has 0 atom stereocenters. The topological polar surface area (TPSA) is 33.4 Å². The van der Waals surface area contributed by atoms with E-state index in [9.17, 15) is 4.79 Å². The van der Waals surface area contributed by atoms with Crippen LogP contribution < -0.4 is 13.9 Å². The first-order valence-corrected chi connectivity index (χ1v) is 19.6. The average Bonchev–Trinajstić information content (AvgIpc) is 3.50. The zero-order chi connectivity index (χ0) is 27.5. The summed E-state index contributed by atoms with van der Waals surface area (Å²) in [4.78, 5) is 15.1. The second kappa shape index (κ2) is 13.3. The standard InChI is InChI=1S/C31H31N2O2S3Se2/c1-21(34)37-16-15-32-26-18-25(38-35-2)10-11-27(26)39-29(32)12-8-22-17-23(20-36-19-22)9-13-30-33-14-4-6-24-5-3-7-28(40-30)31(24)33/h3,5,7-13,17-18H,4,6,14-16,19-20H2,1-2H3/q+1. The summed E-state index contributed by atoms with van der Waals surface area (Å²) in [6.45, 7) is 3.62. The molecule has 0 radical (unpaired) electrons. The number of carbonyl (C=O) groups is 1. The molecule has 0 spiro atoms. The number of thioether (sulfide) groups is 2. The minimum atomic E-state index is 0.174. The molecule has 0 N–H and O–H groups in total. The molecule has 9 heteroatoms. The van der Waals surface area contributed by atoms with Crippen molar-refractivity contribution in [3.8, 4) is 0 Å². The Kier molecular flexibility index (Phi) is 9.52. The van der Waals surface area contributed by atoms with Crippen LogP contribution >= 0.6 is 35.6 Å². The molecule has 3 aliphatic heterocycles.